The van der Waals surface area contributed by atoms with E-state index in [1.54, 1.807) is 11.3 Å². The summed E-state index contributed by atoms with van der Waals surface area (Å²) in [6, 6.07) is 0. The number of aromatic nitrogens is 1. The third-order valence-corrected chi connectivity index (χ3v) is 4.88. The van der Waals surface area contributed by atoms with Gasteiger partial charge >= 0.3 is 0 Å². The number of thiazole rings is 1. The molecule has 0 unspecified atom stereocenters. The van der Waals surface area contributed by atoms with E-state index in [1.165, 1.54) is 0 Å². The molecule has 0 radical (unpaired) electrons. The van der Waals surface area contributed by atoms with Crippen LogP contribution in [0.4, 0.5) is 0 Å². The van der Waals surface area contributed by atoms with Crippen LogP contribution in [0.1, 0.15) is 23.5 Å². The Labute approximate surface area is 155 Å². The Balaban J connectivity index is 0.00000242. The molecule has 8 heteroatoms. The van der Waals surface area contributed by atoms with Crippen molar-refractivity contribution in [3.8, 4) is 0 Å². The summed E-state index contributed by atoms with van der Waals surface area (Å²) in [7, 11) is 3.82. The second-order valence-corrected chi connectivity index (χ2v) is 6.83. The maximum absolute atomic E-state index is 12.3. The third kappa shape index (κ3) is 6.93. The van der Waals surface area contributed by atoms with E-state index in [0.717, 1.165) is 56.3 Å². The first-order chi connectivity index (χ1) is 10.1. The number of amides is 1. The van der Waals surface area contributed by atoms with Crippen LogP contribution in [0.25, 0.3) is 0 Å². The van der Waals surface area contributed by atoms with Gasteiger partial charge < -0.3 is 10.2 Å². The van der Waals surface area contributed by atoms with Crippen molar-refractivity contribution in [2.45, 2.75) is 26.3 Å². The molecule has 1 N–H and O–H groups in total. The van der Waals surface area contributed by atoms with E-state index < -0.39 is 0 Å². The molecule has 0 saturated carbocycles. The highest BCUT2D eigenvalue weighted by Gasteiger charge is 2.27. The normalized spacial score (nSPS) is 15.6. The maximum atomic E-state index is 12.3. The SMILES string of the molecule is CNCCN(C)C(=O)C1CCN(Cc2csc(C)n2)CC1.Cl.Cl. The minimum Gasteiger partial charge on any atom is -0.344 e. The predicted molar refractivity (Wildman–Crippen MR) is 101 cm³/mol. The highest BCUT2D eigenvalue weighted by molar-refractivity contribution is 7.09. The molecule has 23 heavy (non-hydrogen) atoms. The number of nitrogens with zero attached hydrogens (tertiary/aromatic N) is 3. The van der Waals surface area contributed by atoms with Gasteiger partial charge in [0.2, 0.25) is 5.91 Å². The standard InChI is InChI=1S/C15H26N4OS.2ClH/c1-12-17-14(11-21-12)10-19-7-4-13(5-8-19)15(20)18(3)9-6-16-2;;/h11,13,16H,4-10H2,1-3H3;2*1H. The molecule has 1 aromatic heterocycles. The van der Waals surface area contributed by atoms with Gasteiger partial charge in [0.1, 0.15) is 0 Å². The van der Waals surface area contributed by atoms with Crippen LogP contribution in [0.2, 0.25) is 0 Å². The van der Waals surface area contributed by atoms with Crippen LogP contribution in [-0.4, -0.2) is 61.0 Å². The number of likely N-dealkylation sites (tertiary alicyclic amines) is 1. The van der Waals surface area contributed by atoms with Crippen molar-refractivity contribution in [1.82, 2.24) is 20.1 Å². The summed E-state index contributed by atoms with van der Waals surface area (Å²) >= 11 is 1.71. The van der Waals surface area contributed by atoms with Crippen LogP contribution in [0.5, 0.6) is 0 Å². The predicted octanol–water partition coefficient (Wildman–Crippen LogP) is 2.18. The molecule has 5 nitrogen and oxygen atoms in total. The van der Waals surface area contributed by atoms with Gasteiger partial charge in [-0.25, -0.2) is 4.98 Å². The van der Waals surface area contributed by atoms with E-state index in [4.69, 9.17) is 0 Å². The Kier molecular flexibility index (Phi) is 11.0. The quantitative estimate of drug-likeness (QED) is 0.818. The number of nitrogens with one attached hydrogen (secondary N) is 1. The zero-order valence-corrected chi connectivity index (χ0v) is 16.5. The number of hydrogen-bond donors (Lipinski definition) is 1. The van der Waals surface area contributed by atoms with Crippen molar-refractivity contribution in [1.29, 1.82) is 0 Å². The van der Waals surface area contributed by atoms with Crippen LogP contribution < -0.4 is 5.32 Å². The lowest BCUT2D eigenvalue weighted by Crippen LogP contribution is -2.42. The number of carbonyl (C=O) groups excluding carboxylic acids is 1. The molecule has 0 aromatic carbocycles. The van der Waals surface area contributed by atoms with E-state index in [0.29, 0.717) is 5.91 Å². The lowest BCUT2D eigenvalue weighted by atomic mass is 9.95. The van der Waals surface area contributed by atoms with Crippen molar-refractivity contribution >= 4 is 42.1 Å². The van der Waals surface area contributed by atoms with Gasteiger partial charge in [0, 0.05) is 38.0 Å². The molecular weight excluding hydrogens is 355 g/mol. The van der Waals surface area contributed by atoms with E-state index in [-0.39, 0.29) is 30.7 Å². The fourth-order valence-electron chi connectivity index (χ4n) is 2.75. The first-order valence-corrected chi connectivity index (χ1v) is 8.51. The summed E-state index contributed by atoms with van der Waals surface area (Å²) in [5.74, 6) is 0.495. The van der Waals surface area contributed by atoms with Gasteiger partial charge in [0.25, 0.3) is 0 Å². The number of halogens is 2. The summed E-state index contributed by atoms with van der Waals surface area (Å²) in [6.07, 6.45) is 1.93. The molecule has 2 rings (SSSR count). The molecule has 1 amide bonds. The molecule has 0 aliphatic carbocycles. The Bertz CT molecular complexity index is 464. The lowest BCUT2D eigenvalue weighted by molar-refractivity contribution is -0.135. The number of piperidine rings is 1. The molecule has 2 heterocycles. The zero-order valence-electron chi connectivity index (χ0n) is 14.1. The third-order valence-electron chi connectivity index (χ3n) is 4.06. The largest absolute Gasteiger partial charge is 0.344 e. The maximum Gasteiger partial charge on any atom is 0.225 e. The van der Waals surface area contributed by atoms with Crippen LogP contribution >= 0.6 is 36.2 Å². The molecule has 1 aromatic rings. The molecule has 1 aliphatic heterocycles. The monoisotopic (exact) mass is 382 g/mol. The molecule has 0 bridgehead atoms. The molecule has 0 atom stereocenters. The van der Waals surface area contributed by atoms with Crippen molar-refractivity contribution in [3.63, 3.8) is 0 Å². The topological polar surface area (TPSA) is 48.5 Å². The summed E-state index contributed by atoms with van der Waals surface area (Å²) in [6.45, 7) is 6.58. The van der Waals surface area contributed by atoms with Crippen LogP contribution in [-0.2, 0) is 11.3 Å². The number of likely N-dealkylation sites (N-methyl/N-ethyl adjacent to an activating group) is 2. The van der Waals surface area contributed by atoms with E-state index >= 15 is 0 Å². The molecule has 1 aliphatic rings. The molecular formula is C15H28Cl2N4OS. The number of rotatable bonds is 6. The second kappa shape index (κ2) is 11.2. The first-order valence-electron chi connectivity index (χ1n) is 7.63. The van der Waals surface area contributed by atoms with Gasteiger partial charge in [-0.1, -0.05) is 0 Å². The van der Waals surface area contributed by atoms with Gasteiger partial charge in [0.15, 0.2) is 0 Å². The minimum atomic E-state index is 0. The van der Waals surface area contributed by atoms with Gasteiger partial charge in [-0.05, 0) is 39.9 Å². The smallest absolute Gasteiger partial charge is 0.225 e. The van der Waals surface area contributed by atoms with E-state index in [9.17, 15) is 4.79 Å². The zero-order chi connectivity index (χ0) is 15.2. The highest BCUT2D eigenvalue weighted by atomic mass is 35.5. The van der Waals surface area contributed by atoms with E-state index in [1.807, 2.05) is 25.9 Å². The highest BCUT2D eigenvalue weighted by Crippen LogP contribution is 2.21. The van der Waals surface area contributed by atoms with Gasteiger partial charge in [0.05, 0.1) is 10.7 Å². The average Bonchev–Trinajstić information content (AvgIpc) is 2.90. The summed E-state index contributed by atoms with van der Waals surface area (Å²) < 4.78 is 0. The average molecular weight is 383 g/mol. The number of aryl methyl sites for hydroxylation is 1. The summed E-state index contributed by atoms with van der Waals surface area (Å²) in [4.78, 5) is 21.1. The van der Waals surface area contributed by atoms with Gasteiger partial charge in [-0.3, -0.25) is 9.69 Å². The number of hydrogen-bond acceptors (Lipinski definition) is 5. The molecule has 0 spiro atoms. The van der Waals surface area contributed by atoms with Crippen LogP contribution in [0, 0.1) is 12.8 Å². The van der Waals surface area contributed by atoms with E-state index in [2.05, 4.69) is 20.6 Å². The van der Waals surface area contributed by atoms with Crippen molar-refractivity contribution in [2.75, 3.05) is 40.3 Å². The Morgan fingerprint density at radius 3 is 2.61 bits per heavy atom. The Morgan fingerprint density at radius 1 is 1.43 bits per heavy atom. The molecule has 1 saturated heterocycles. The molecule has 1 fully saturated rings. The van der Waals surface area contributed by atoms with Crippen LogP contribution in [0.15, 0.2) is 5.38 Å². The fourth-order valence-corrected chi connectivity index (χ4v) is 3.35. The van der Waals surface area contributed by atoms with Crippen molar-refractivity contribution < 1.29 is 4.79 Å². The summed E-state index contributed by atoms with van der Waals surface area (Å²) in [5, 5.41) is 6.35. The minimum absolute atomic E-state index is 0. The van der Waals surface area contributed by atoms with Crippen molar-refractivity contribution in [3.05, 3.63) is 16.1 Å². The first kappa shape index (κ1) is 22.6. The Morgan fingerprint density at radius 2 is 2.09 bits per heavy atom. The van der Waals surface area contributed by atoms with Gasteiger partial charge in [-0.2, -0.15) is 0 Å². The fraction of sp³-hybridized carbons (Fsp3) is 0.733. The lowest BCUT2D eigenvalue weighted by Gasteiger charge is -2.32. The van der Waals surface area contributed by atoms with Crippen LogP contribution in [0.3, 0.4) is 0 Å². The number of carbonyl (C=O) groups is 1. The summed E-state index contributed by atoms with van der Waals surface area (Å²) in [5.41, 5.74) is 1.16. The van der Waals surface area contributed by atoms with Crippen molar-refractivity contribution in [2.24, 2.45) is 5.92 Å². The Hall–Kier alpha value is -0.400. The molecule has 134 valence electrons. The second-order valence-electron chi connectivity index (χ2n) is 5.77. The van der Waals surface area contributed by atoms with Gasteiger partial charge in [-0.15, -0.1) is 36.2 Å².